The van der Waals surface area contributed by atoms with Crippen LogP contribution in [0.15, 0.2) is 36.8 Å². The Morgan fingerprint density at radius 2 is 1.83 bits per heavy atom. The summed E-state index contributed by atoms with van der Waals surface area (Å²) in [6.45, 7) is 0.802. The van der Waals surface area contributed by atoms with Crippen LogP contribution in [0, 0.1) is 5.92 Å². The standard InChI is InChI=1S/C20H20Cl2N6O/c21-18-17-13(7-8-23-18)3-6-16(28-17)27-15-4-1-12(2-5-15)9-24-20-25-10-14(11-26-20)19(22)29/h3,6-8,10-12,15H,1-2,4-5,9H2,(H,27,28)(H,24,25,26). The zero-order valence-electron chi connectivity index (χ0n) is 15.6. The average molecular weight is 431 g/mol. The SMILES string of the molecule is O=C(Cl)c1cnc(NCC2CCC(Nc3ccc4ccnc(Cl)c4n3)CC2)nc1. The Morgan fingerprint density at radius 1 is 1.07 bits per heavy atom. The van der Waals surface area contributed by atoms with Crippen LogP contribution in [0.4, 0.5) is 11.8 Å². The van der Waals surface area contributed by atoms with Crippen LogP contribution in [0.5, 0.6) is 0 Å². The molecule has 0 amide bonds. The minimum atomic E-state index is -0.554. The molecule has 1 aliphatic rings. The van der Waals surface area contributed by atoms with Crippen molar-refractivity contribution in [1.82, 2.24) is 19.9 Å². The Balaban J connectivity index is 1.27. The van der Waals surface area contributed by atoms with E-state index in [1.54, 1.807) is 6.20 Å². The third kappa shape index (κ3) is 4.92. The van der Waals surface area contributed by atoms with Crippen LogP contribution in [0.2, 0.25) is 5.15 Å². The summed E-state index contributed by atoms with van der Waals surface area (Å²) in [6.07, 6.45) is 8.87. The van der Waals surface area contributed by atoms with Gasteiger partial charge in [0.25, 0.3) is 5.24 Å². The summed E-state index contributed by atoms with van der Waals surface area (Å²) in [5.41, 5.74) is 1.02. The number of nitrogens with one attached hydrogen (secondary N) is 2. The first kappa shape index (κ1) is 19.8. The lowest BCUT2D eigenvalue weighted by molar-refractivity contribution is 0.108. The predicted octanol–water partition coefficient (Wildman–Crippen LogP) is 4.54. The number of rotatable bonds is 6. The van der Waals surface area contributed by atoms with Crippen molar-refractivity contribution in [2.24, 2.45) is 5.92 Å². The summed E-state index contributed by atoms with van der Waals surface area (Å²) in [5.74, 6) is 1.89. The van der Waals surface area contributed by atoms with Crippen LogP contribution in [0.1, 0.15) is 36.0 Å². The maximum Gasteiger partial charge on any atom is 0.255 e. The van der Waals surface area contributed by atoms with Gasteiger partial charge in [0.1, 0.15) is 11.3 Å². The van der Waals surface area contributed by atoms with Gasteiger partial charge in [0, 0.05) is 36.6 Å². The molecule has 9 heteroatoms. The predicted molar refractivity (Wildman–Crippen MR) is 115 cm³/mol. The van der Waals surface area contributed by atoms with Gasteiger partial charge in [-0.15, -0.1) is 0 Å². The fraction of sp³-hybridized carbons (Fsp3) is 0.350. The van der Waals surface area contributed by atoms with Gasteiger partial charge >= 0.3 is 0 Å². The van der Waals surface area contributed by atoms with Crippen molar-refractivity contribution in [3.8, 4) is 0 Å². The molecule has 1 fully saturated rings. The van der Waals surface area contributed by atoms with Gasteiger partial charge in [-0.1, -0.05) is 11.6 Å². The molecule has 3 aromatic heterocycles. The molecule has 0 unspecified atom stereocenters. The molecule has 150 valence electrons. The molecule has 7 nitrogen and oxygen atoms in total. The molecule has 4 rings (SSSR count). The fourth-order valence-corrected chi connectivity index (χ4v) is 3.88. The number of pyridine rings is 2. The highest BCUT2D eigenvalue weighted by Crippen LogP contribution is 2.27. The third-order valence-electron chi connectivity index (χ3n) is 5.19. The molecule has 0 saturated heterocycles. The number of carbonyl (C=O) groups excluding carboxylic acids is 1. The second kappa shape index (κ2) is 8.88. The Morgan fingerprint density at radius 3 is 2.55 bits per heavy atom. The van der Waals surface area contributed by atoms with E-state index in [9.17, 15) is 4.79 Å². The van der Waals surface area contributed by atoms with E-state index in [0.29, 0.717) is 28.6 Å². The van der Waals surface area contributed by atoms with Crippen LogP contribution in [-0.4, -0.2) is 37.8 Å². The van der Waals surface area contributed by atoms with Crippen LogP contribution in [0.25, 0.3) is 10.9 Å². The van der Waals surface area contributed by atoms with Crippen molar-refractivity contribution in [1.29, 1.82) is 0 Å². The van der Waals surface area contributed by atoms with Gasteiger partial charge in [0.2, 0.25) is 5.95 Å². The normalized spacial score (nSPS) is 19.1. The highest BCUT2D eigenvalue weighted by Gasteiger charge is 2.21. The van der Waals surface area contributed by atoms with Gasteiger partial charge in [-0.2, -0.15) is 0 Å². The first-order valence-corrected chi connectivity index (χ1v) is 10.3. The Hall–Kier alpha value is -2.51. The minimum Gasteiger partial charge on any atom is -0.367 e. The van der Waals surface area contributed by atoms with Gasteiger partial charge < -0.3 is 10.6 Å². The molecule has 0 aromatic carbocycles. The smallest absolute Gasteiger partial charge is 0.255 e. The number of carbonyl (C=O) groups is 1. The van der Waals surface area contributed by atoms with Gasteiger partial charge in [-0.05, 0) is 61.4 Å². The zero-order chi connectivity index (χ0) is 20.2. The van der Waals surface area contributed by atoms with E-state index in [1.165, 1.54) is 12.4 Å². The van der Waals surface area contributed by atoms with E-state index in [4.69, 9.17) is 23.2 Å². The second-order valence-corrected chi connectivity index (χ2v) is 7.88. The Kier molecular flexibility index (Phi) is 6.06. The molecule has 0 atom stereocenters. The first-order valence-electron chi connectivity index (χ1n) is 9.52. The van der Waals surface area contributed by atoms with E-state index in [0.717, 1.165) is 48.9 Å². The lowest BCUT2D eigenvalue weighted by Crippen LogP contribution is -2.29. The number of hydrogen-bond acceptors (Lipinski definition) is 7. The minimum absolute atomic E-state index is 0.295. The molecule has 2 N–H and O–H groups in total. The third-order valence-corrected chi connectivity index (χ3v) is 5.69. The maximum absolute atomic E-state index is 11.0. The first-order chi connectivity index (χ1) is 14.1. The molecule has 0 radical (unpaired) electrons. The quantitative estimate of drug-likeness (QED) is 0.437. The maximum atomic E-state index is 11.0. The summed E-state index contributed by atoms with van der Waals surface area (Å²) in [5, 5.41) is 7.62. The highest BCUT2D eigenvalue weighted by atomic mass is 35.5. The lowest BCUT2D eigenvalue weighted by Gasteiger charge is -2.29. The van der Waals surface area contributed by atoms with Crippen molar-refractivity contribution in [3.05, 3.63) is 47.5 Å². The molecule has 3 aromatic rings. The molecule has 1 saturated carbocycles. The average Bonchev–Trinajstić information content (AvgIpc) is 2.74. The number of anilines is 2. The van der Waals surface area contributed by atoms with Gasteiger partial charge in [-0.25, -0.2) is 19.9 Å². The van der Waals surface area contributed by atoms with E-state index < -0.39 is 5.24 Å². The molecule has 29 heavy (non-hydrogen) atoms. The van der Waals surface area contributed by atoms with E-state index in [1.807, 2.05) is 18.2 Å². The van der Waals surface area contributed by atoms with Crippen molar-refractivity contribution in [2.45, 2.75) is 31.7 Å². The summed E-state index contributed by atoms with van der Waals surface area (Å²) < 4.78 is 0. The fourth-order valence-electron chi connectivity index (χ4n) is 3.57. The van der Waals surface area contributed by atoms with E-state index >= 15 is 0 Å². The van der Waals surface area contributed by atoms with E-state index in [2.05, 4.69) is 30.6 Å². The van der Waals surface area contributed by atoms with E-state index in [-0.39, 0.29) is 0 Å². The van der Waals surface area contributed by atoms with Crippen molar-refractivity contribution >= 4 is 51.1 Å². The molecular weight excluding hydrogens is 411 g/mol. The molecule has 0 bridgehead atoms. The molecule has 0 spiro atoms. The van der Waals surface area contributed by atoms with Gasteiger partial charge in [0.15, 0.2) is 5.15 Å². The van der Waals surface area contributed by atoms with Crippen LogP contribution in [0.3, 0.4) is 0 Å². The van der Waals surface area contributed by atoms with Crippen molar-refractivity contribution in [3.63, 3.8) is 0 Å². The highest BCUT2D eigenvalue weighted by molar-refractivity contribution is 6.67. The monoisotopic (exact) mass is 430 g/mol. The summed E-state index contributed by atoms with van der Waals surface area (Å²) >= 11 is 11.6. The Labute approximate surface area is 178 Å². The molecule has 0 aliphatic heterocycles. The van der Waals surface area contributed by atoms with Crippen LogP contribution >= 0.6 is 23.2 Å². The number of nitrogens with zero attached hydrogens (tertiary/aromatic N) is 4. The largest absolute Gasteiger partial charge is 0.367 e. The van der Waals surface area contributed by atoms with Gasteiger partial charge in [-0.3, -0.25) is 4.79 Å². The Bertz CT molecular complexity index is 1010. The van der Waals surface area contributed by atoms with Crippen LogP contribution in [-0.2, 0) is 0 Å². The number of halogens is 2. The lowest BCUT2D eigenvalue weighted by atomic mass is 9.86. The molecule has 3 heterocycles. The molecular formula is C20H20Cl2N6O. The van der Waals surface area contributed by atoms with Crippen molar-refractivity contribution < 1.29 is 4.79 Å². The zero-order valence-corrected chi connectivity index (χ0v) is 17.1. The topological polar surface area (TPSA) is 92.7 Å². The second-order valence-electron chi connectivity index (χ2n) is 7.18. The number of hydrogen-bond donors (Lipinski definition) is 2. The van der Waals surface area contributed by atoms with Gasteiger partial charge in [0.05, 0.1) is 5.56 Å². The van der Waals surface area contributed by atoms with Crippen LogP contribution < -0.4 is 10.6 Å². The summed E-state index contributed by atoms with van der Waals surface area (Å²) in [7, 11) is 0. The van der Waals surface area contributed by atoms with Crippen molar-refractivity contribution in [2.75, 3.05) is 17.2 Å². The number of fused-ring (bicyclic) bond motifs is 1. The molecule has 1 aliphatic carbocycles. The number of aromatic nitrogens is 4. The summed E-state index contributed by atoms with van der Waals surface area (Å²) in [4.78, 5) is 28.0. The summed E-state index contributed by atoms with van der Waals surface area (Å²) in [6, 6.07) is 6.29.